The number of benzene rings is 2. The predicted molar refractivity (Wildman–Crippen MR) is 113 cm³/mol. The van der Waals surface area contributed by atoms with Crippen LogP contribution in [0.5, 0.6) is 11.5 Å². The summed E-state index contributed by atoms with van der Waals surface area (Å²) >= 11 is 0. The van der Waals surface area contributed by atoms with E-state index in [1.54, 1.807) is 0 Å². The number of rotatable bonds is 6. The summed E-state index contributed by atoms with van der Waals surface area (Å²) in [5, 5.41) is 2.85. The molecule has 0 bridgehead atoms. The highest BCUT2D eigenvalue weighted by Crippen LogP contribution is 2.45. The number of nitrogens with one attached hydrogen (secondary N) is 1. The number of fused-ring (bicyclic) bond motifs is 1. The van der Waals surface area contributed by atoms with E-state index in [1.807, 2.05) is 49.4 Å². The third-order valence-corrected chi connectivity index (χ3v) is 5.95. The highest BCUT2D eigenvalue weighted by atomic mass is 16.6. The lowest BCUT2D eigenvalue weighted by Gasteiger charge is -2.28. The van der Waals surface area contributed by atoms with Gasteiger partial charge in [-0.05, 0) is 48.6 Å². The first kappa shape index (κ1) is 20.3. The van der Waals surface area contributed by atoms with Crippen molar-refractivity contribution >= 4 is 17.6 Å². The standard InChI is InChI=1S/C24H27NO5/c1-2-17-7-3-4-8-19(17)25-22(26)16-30-23(27)24(11-5-6-12-24)18-9-10-20-21(15-18)29-14-13-28-20/h3-4,7-10,15H,2,5-6,11-14,16H2,1H3,(H,25,26). The van der Waals surface area contributed by atoms with E-state index in [9.17, 15) is 9.59 Å². The van der Waals surface area contributed by atoms with Crippen molar-refractivity contribution in [2.24, 2.45) is 0 Å². The van der Waals surface area contributed by atoms with Crippen LogP contribution < -0.4 is 14.8 Å². The second-order valence-electron chi connectivity index (χ2n) is 7.78. The van der Waals surface area contributed by atoms with Gasteiger partial charge in [0.05, 0.1) is 5.41 Å². The molecule has 0 radical (unpaired) electrons. The Labute approximate surface area is 176 Å². The Morgan fingerprint density at radius 3 is 2.53 bits per heavy atom. The zero-order valence-corrected chi connectivity index (χ0v) is 17.2. The van der Waals surface area contributed by atoms with Crippen LogP contribution in [0, 0.1) is 0 Å². The summed E-state index contributed by atoms with van der Waals surface area (Å²) in [4.78, 5) is 25.5. The maximum absolute atomic E-state index is 13.1. The molecule has 0 saturated heterocycles. The van der Waals surface area contributed by atoms with Gasteiger partial charge in [-0.25, -0.2) is 0 Å². The van der Waals surface area contributed by atoms with Crippen LogP contribution in [-0.4, -0.2) is 31.7 Å². The minimum absolute atomic E-state index is 0.302. The number of carbonyl (C=O) groups is 2. The molecule has 1 N–H and O–H groups in total. The number of amides is 1. The van der Waals surface area contributed by atoms with Gasteiger partial charge in [-0.1, -0.05) is 44.0 Å². The van der Waals surface area contributed by atoms with Crippen molar-refractivity contribution in [2.75, 3.05) is 25.1 Å². The minimum Gasteiger partial charge on any atom is -0.486 e. The second kappa shape index (κ2) is 8.78. The van der Waals surface area contributed by atoms with Crippen molar-refractivity contribution < 1.29 is 23.8 Å². The van der Waals surface area contributed by atoms with E-state index < -0.39 is 5.41 Å². The third-order valence-electron chi connectivity index (χ3n) is 5.95. The number of para-hydroxylation sites is 1. The number of hydrogen-bond donors (Lipinski definition) is 1. The molecule has 2 aliphatic rings. The molecule has 1 heterocycles. The van der Waals surface area contributed by atoms with Gasteiger partial charge in [0, 0.05) is 5.69 Å². The van der Waals surface area contributed by atoms with E-state index >= 15 is 0 Å². The first-order valence-electron chi connectivity index (χ1n) is 10.6. The fraction of sp³-hybridized carbons (Fsp3) is 0.417. The van der Waals surface area contributed by atoms with E-state index in [2.05, 4.69) is 5.32 Å². The summed E-state index contributed by atoms with van der Waals surface area (Å²) in [5.74, 6) is 0.669. The second-order valence-corrected chi connectivity index (χ2v) is 7.78. The van der Waals surface area contributed by atoms with E-state index in [0.717, 1.165) is 36.1 Å². The molecule has 4 rings (SSSR count). The average molecular weight is 409 g/mol. The molecule has 0 spiro atoms. The van der Waals surface area contributed by atoms with Crippen LogP contribution in [0.2, 0.25) is 0 Å². The van der Waals surface area contributed by atoms with Gasteiger partial charge in [0.2, 0.25) is 0 Å². The molecular weight excluding hydrogens is 382 g/mol. The highest BCUT2D eigenvalue weighted by molar-refractivity contribution is 5.94. The van der Waals surface area contributed by atoms with Crippen molar-refractivity contribution in [3.63, 3.8) is 0 Å². The van der Waals surface area contributed by atoms with Gasteiger partial charge in [0.15, 0.2) is 18.1 Å². The van der Waals surface area contributed by atoms with Crippen LogP contribution in [0.1, 0.15) is 43.7 Å². The Morgan fingerprint density at radius 1 is 1.03 bits per heavy atom. The van der Waals surface area contributed by atoms with E-state index in [-0.39, 0.29) is 18.5 Å². The van der Waals surface area contributed by atoms with Gasteiger partial charge in [-0.2, -0.15) is 0 Å². The molecule has 1 saturated carbocycles. The molecule has 1 amide bonds. The normalized spacial score (nSPS) is 16.7. The summed E-state index contributed by atoms with van der Waals surface area (Å²) in [7, 11) is 0. The van der Waals surface area contributed by atoms with Gasteiger partial charge < -0.3 is 19.5 Å². The third kappa shape index (κ3) is 3.99. The predicted octanol–water partition coefficient (Wildman–Crippen LogP) is 4.01. The van der Waals surface area contributed by atoms with Crippen molar-refractivity contribution in [3.8, 4) is 11.5 Å². The summed E-state index contributed by atoms with van der Waals surface area (Å²) in [6.45, 7) is 2.74. The molecule has 6 nitrogen and oxygen atoms in total. The van der Waals surface area contributed by atoms with E-state index in [4.69, 9.17) is 14.2 Å². The lowest BCUT2D eigenvalue weighted by Crippen LogP contribution is -2.36. The van der Waals surface area contributed by atoms with Crippen LogP contribution in [0.25, 0.3) is 0 Å². The number of esters is 1. The SMILES string of the molecule is CCc1ccccc1NC(=O)COC(=O)C1(c2ccc3c(c2)OCCO3)CCCC1. The molecule has 1 aliphatic heterocycles. The largest absolute Gasteiger partial charge is 0.486 e. The van der Waals surface area contributed by atoms with Gasteiger partial charge >= 0.3 is 5.97 Å². The molecular formula is C24H27NO5. The Bertz CT molecular complexity index is 933. The Balaban J connectivity index is 1.46. The van der Waals surface area contributed by atoms with Crippen LogP contribution in [-0.2, 0) is 26.2 Å². The molecule has 30 heavy (non-hydrogen) atoms. The number of carbonyl (C=O) groups excluding carboxylic acids is 2. The van der Waals surface area contributed by atoms with Crippen LogP contribution in [0.15, 0.2) is 42.5 Å². The Morgan fingerprint density at radius 2 is 1.77 bits per heavy atom. The van der Waals surface area contributed by atoms with Crippen molar-refractivity contribution in [2.45, 2.75) is 44.4 Å². The van der Waals surface area contributed by atoms with Crippen LogP contribution >= 0.6 is 0 Å². The molecule has 6 heteroatoms. The molecule has 158 valence electrons. The first-order valence-corrected chi connectivity index (χ1v) is 10.6. The topological polar surface area (TPSA) is 73.9 Å². The molecule has 1 fully saturated rings. The number of anilines is 1. The summed E-state index contributed by atoms with van der Waals surface area (Å²) < 4.78 is 16.8. The molecule has 0 unspecified atom stereocenters. The Hall–Kier alpha value is -3.02. The van der Waals surface area contributed by atoms with E-state index in [0.29, 0.717) is 37.6 Å². The number of aryl methyl sites for hydroxylation is 1. The van der Waals surface area contributed by atoms with Crippen molar-refractivity contribution in [1.29, 1.82) is 0 Å². The highest BCUT2D eigenvalue weighted by Gasteiger charge is 2.45. The first-order chi connectivity index (χ1) is 14.6. The summed E-state index contributed by atoms with van der Waals surface area (Å²) in [5.41, 5.74) is 1.92. The maximum Gasteiger partial charge on any atom is 0.317 e. The maximum atomic E-state index is 13.1. The minimum atomic E-state index is -0.739. The zero-order valence-electron chi connectivity index (χ0n) is 17.2. The lowest BCUT2D eigenvalue weighted by atomic mass is 9.78. The van der Waals surface area contributed by atoms with Gasteiger partial charge in [-0.3, -0.25) is 9.59 Å². The van der Waals surface area contributed by atoms with Gasteiger partial charge in [0.1, 0.15) is 13.2 Å². The van der Waals surface area contributed by atoms with Crippen LogP contribution in [0.3, 0.4) is 0 Å². The van der Waals surface area contributed by atoms with Crippen molar-refractivity contribution in [1.82, 2.24) is 0 Å². The quantitative estimate of drug-likeness (QED) is 0.730. The Kier molecular flexibility index (Phi) is 5.93. The van der Waals surface area contributed by atoms with Crippen molar-refractivity contribution in [3.05, 3.63) is 53.6 Å². The fourth-order valence-electron chi connectivity index (χ4n) is 4.34. The van der Waals surface area contributed by atoms with Gasteiger partial charge in [-0.15, -0.1) is 0 Å². The number of ether oxygens (including phenoxy) is 3. The molecule has 0 aromatic heterocycles. The summed E-state index contributed by atoms with van der Waals surface area (Å²) in [6, 6.07) is 13.3. The van der Waals surface area contributed by atoms with Gasteiger partial charge in [0.25, 0.3) is 5.91 Å². The fourth-order valence-corrected chi connectivity index (χ4v) is 4.34. The molecule has 2 aromatic rings. The lowest BCUT2D eigenvalue weighted by molar-refractivity contribution is -0.153. The average Bonchev–Trinajstić information content (AvgIpc) is 3.29. The summed E-state index contributed by atoms with van der Waals surface area (Å²) in [6.07, 6.45) is 4.10. The zero-order chi connectivity index (χ0) is 21.0. The smallest absolute Gasteiger partial charge is 0.317 e. The van der Waals surface area contributed by atoms with E-state index in [1.165, 1.54) is 0 Å². The monoisotopic (exact) mass is 409 g/mol. The molecule has 0 atom stereocenters. The number of hydrogen-bond acceptors (Lipinski definition) is 5. The molecule has 1 aliphatic carbocycles. The van der Waals surface area contributed by atoms with Crippen LogP contribution in [0.4, 0.5) is 5.69 Å². The molecule has 2 aromatic carbocycles.